The number of carbonyl (C=O) groups is 1. The summed E-state index contributed by atoms with van der Waals surface area (Å²) in [7, 11) is -4.25. The topological polar surface area (TPSA) is 60.9 Å². The summed E-state index contributed by atoms with van der Waals surface area (Å²) < 4.78 is 54.0. The summed E-state index contributed by atoms with van der Waals surface area (Å²) >= 11 is 0. The van der Waals surface area contributed by atoms with Crippen molar-refractivity contribution in [1.29, 1.82) is 0 Å². The van der Waals surface area contributed by atoms with Crippen LogP contribution in [0.15, 0.2) is 23.1 Å². The molecule has 1 aromatic rings. The van der Waals surface area contributed by atoms with Crippen LogP contribution in [0, 0.1) is 11.6 Å². The van der Waals surface area contributed by atoms with E-state index in [1.54, 1.807) is 0 Å². The van der Waals surface area contributed by atoms with Gasteiger partial charge in [0.15, 0.2) is 4.90 Å². The maximum atomic E-state index is 13.9. The fourth-order valence-corrected chi connectivity index (χ4v) is 5.08. The first-order valence-electron chi connectivity index (χ1n) is 8.79. The van der Waals surface area contributed by atoms with Crippen LogP contribution in [0.4, 0.5) is 8.78 Å². The number of likely N-dealkylation sites (tertiary alicyclic amines) is 1. The third kappa shape index (κ3) is 3.60. The minimum absolute atomic E-state index is 0.0546. The number of hydrogen-bond acceptors (Lipinski definition) is 4. The summed E-state index contributed by atoms with van der Waals surface area (Å²) in [5.41, 5.74) is 0. The predicted molar refractivity (Wildman–Crippen MR) is 92.0 cm³/mol. The molecule has 0 aromatic heterocycles. The Bertz CT molecular complexity index is 753. The lowest BCUT2D eigenvalue weighted by Crippen LogP contribution is -2.55. The van der Waals surface area contributed by atoms with Gasteiger partial charge in [-0.1, -0.05) is 6.07 Å². The molecule has 144 valence electrons. The molecule has 2 heterocycles. The number of hydrogen-bond donors (Lipinski definition) is 0. The van der Waals surface area contributed by atoms with Crippen molar-refractivity contribution in [2.75, 3.05) is 39.3 Å². The van der Waals surface area contributed by atoms with Crippen LogP contribution >= 0.6 is 0 Å². The second-order valence-electron chi connectivity index (χ2n) is 6.70. The fraction of sp³-hybridized carbons (Fsp3) is 0.588. The van der Waals surface area contributed by atoms with Crippen molar-refractivity contribution in [3.8, 4) is 0 Å². The quantitative estimate of drug-likeness (QED) is 0.781. The third-order valence-corrected chi connectivity index (χ3v) is 7.06. The molecule has 0 spiro atoms. The summed E-state index contributed by atoms with van der Waals surface area (Å²) in [5, 5.41) is 0. The van der Waals surface area contributed by atoms with Crippen molar-refractivity contribution in [2.24, 2.45) is 0 Å². The monoisotopic (exact) mass is 387 g/mol. The van der Waals surface area contributed by atoms with Crippen LogP contribution in [0.25, 0.3) is 0 Å². The fourth-order valence-electron chi connectivity index (χ4n) is 3.55. The van der Waals surface area contributed by atoms with Crippen LogP contribution < -0.4 is 0 Å². The molecule has 9 heteroatoms. The second-order valence-corrected chi connectivity index (χ2v) is 8.57. The van der Waals surface area contributed by atoms with E-state index >= 15 is 0 Å². The van der Waals surface area contributed by atoms with Crippen LogP contribution in [-0.4, -0.2) is 73.7 Å². The summed E-state index contributed by atoms with van der Waals surface area (Å²) in [6, 6.07) is 2.67. The summed E-state index contributed by atoms with van der Waals surface area (Å²) in [4.78, 5) is 15.3. The zero-order chi connectivity index (χ0) is 18.9. The van der Waals surface area contributed by atoms with Crippen LogP contribution in [0.1, 0.15) is 19.8 Å². The second kappa shape index (κ2) is 7.58. The number of halogens is 2. The third-order valence-electron chi connectivity index (χ3n) is 5.11. The molecular formula is C17H23F2N3O3S. The zero-order valence-electron chi connectivity index (χ0n) is 14.7. The predicted octanol–water partition coefficient (Wildman–Crippen LogP) is 1.28. The van der Waals surface area contributed by atoms with Gasteiger partial charge in [0.05, 0.1) is 6.04 Å². The van der Waals surface area contributed by atoms with Gasteiger partial charge in [0.2, 0.25) is 15.9 Å². The van der Waals surface area contributed by atoms with Crippen LogP contribution in [-0.2, 0) is 14.8 Å². The van der Waals surface area contributed by atoms with E-state index in [0.29, 0.717) is 13.1 Å². The highest BCUT2D eigenvalue weighted by Gasteiger charge is 2.36. The number of carbonyl (C=O) groups excluding carboxylic acids is 1. The number of nitrogens with zero attached hydrogens (tertiary/aromatic N) is 3. The van der Waals surface area contributed by atoms with E-state index in [2.05, 4.69) is 0 Å². The van der Waals surface area contributed by atoms with Crippen molar-refractivity contribution in [3.63, 3.8) is 0 Å². The average molecular weight is 387 g/mol. The standard InChI is InChI=1S/C17H23F2N3O3S/c1-13(17(23)21-7-2-3-8-21)20-9-11-22(12-10-20)26(24,25)16-14(18)5-4-6-15(16)19/h4-6,13H,2-3,7-12H2,1H3. The normalized spacial score (nSPS) is 21.1. The summed E-state index contributed by atoms with van der Waals surface area (Å²) in [6.07, 6.45) is 2.03. The maximum absolute atomic E-state index is 13.9. The molecular weight excluding hydrogens is 364 g/mol. The van der Waals surface area contributed by atoms with Gasteiger partial charge in [-0.2, -0.15) is 4.31 Å². The smallest absolute Gasteiger partial charge is 0.249 e. The molecule has 0 N–H and O–H groups in total. The number of benzene rings is 1. The van der Waals surface area contributed by atoms with Gasteiger partial charge in [-0.15, -0.1) is 0 Å². The van der Waals surface area contributed by atoms with E-state index in [9.17, 15) is 22.0 Å². The largest absolute Gasteiger partial charge is 0.341 e. The molecule has 2 fully saturated rings. The van der Waals surface area contributed by atoms with Crippen LogP contribution in [0.2, 0.25) is 0 Å². The van der Waals surface area contributed by atoms with Gasteiger partial charge in [0.25, 0.3) is 0 Å². The molecule has 3 rings (SSSR count). The van der Waals surface area contributed by atoms with Gasteiger partial charge in [-0.3, -0.25) is 9.69 Å². The first-order chi connectivity index (χ1) is 12.3. The van der Waals surface area contributed by atoms with E-state index in [1.807, 2.05) is 16.7 Å². The van der Waals surface area contributed by atoms with Crippen molar-refractivity contribution < 1.29 is 22.0 Å². The van der Waals surface area contributed by atoms with Gasteiger partial charge in [0, 0.05) is 39.3 Å². The van der Waals surface area contributed by atoms with Crippen molar-refractivity contribution in [1.82, 2.24) is 14.1 Å². The molecule has 2 aliphatic heterocycles. The minimum Gasteiger partial charge on any atom is -0.341 e. The maximum Gasteiger partial charge on any atom is 0.249 e. The number of sulfonamides is 1. The van der Waals surface area contributed by atoms with Crippen molar-refractivity contribution in [3.05, 3.63) is 29.8 Å². The molecule has 6 nitrogen and oxygen atoms in total. The lowest BCUT2D eigenvalue weighted by Gasteiger charge is -2.37. The minimum atomic E-state index is -4.25. The summed E-state index contributed by atoms with van der Waals surface area (Å²) in [5.74, 6) is -2.13. The van der Waals surface area contributed by atoms with Gasteiger partial charge >= 0.3 is 0 Å². The van der Waals surface area contributed by atoms with E-state index < -0.39 is 26.6 Å². The number of amides is 1. The lowest BCUT2D eigenvalue weighted by atomic mass is 10.2. The molecule has 0 aliphatic carbocycles. The first kappa shape index (κ1) is 19.2. The number of rotatable bonds is 4. The lowest BCUT2D eigenvalue weighted by molar-refractivity contribution is -0.135. The zero-order valence-corrected chi connectivity index (χ0v) is 15.5. The van der Waals surface area contributed by atoms with Crippen molar-refractivity contribution in [2.45, 2.75) is 30.7 Å². The van der Waals surface area contributed by atoms with Crippen LogP contribution in [0.5, 0.6) is 0 Å². The first-order valence-corrected chi connectivity index (χ1v) is 10.2. The van der Waals surface area contributed by atoms with E-state index in [0.717, 1.165) is 48.4 Å². The summed E-state index contributed by atoms with van der Waals surface area (Å²) in [6.45, 7) is 4.23. The Labute approximate surface area is 152 Å². The molecule has 0 radical (unpaired) electrons. The highest BCUT2D eigenvalue weighted by atomic mass is 32.2. The highest BCUT2D eigenvalue weighted by molar-refractivity contribution is 7.89. The molecule has 1 unspecified atom stereocenters. The Morgan fingerprint density at radius 1 is 1.00 bits per heavy atom. The Hall–Kier alpha value is -1.58. The molecule has 26 heavy (non-hydrogen) atoms. The van der Waals surface area contributed by atoms with E-state index in [1.165, 1.54) is 0 Å². The molecule has 1 amide bonds. The van der Waals surface area contributed by atoms with Gasteiger partial charge < -0.3 is 4.90 Å². The Balaban J connectivity index is 1.67. The molecule has 2 aliphatic rings. The van der Waals surface area contributed by atoms with Gasteiger partial charge in [-0.05, 0) is 31.9 Å². The average Bonchev–Trinajstić information content (AvgIpc) is 3.15. The SMILES string of the molecule is CC(C(=O)N1CCCC1)N1CCN(S(=O)(=O)c2c(F)cccc2F)CC1. The van der Waals surface area contributed by atoms with Crippen molar-refractivity contribution >= 4 is 15.9 Å². The molecule has 2 saturated heterocycles. The Morgan fingerprint density at radius 2 is 1.54 bits per heavy atom. The van der Waals surface area contributed by atoms with E-state index in [-0.39, 0.29) is 25.0 Å². The van der Waals surface area contributed by atoms with Gasteiger partial charge in [0.1, 0.15) is 11.6 Å². The molecule has 1 atom stereocenters. The molecule has 0 bridgehead atoms. The molecule has 0 saturated carbocycles. The molecule has 1 aromatic carbocycles. The van der Waals surface area contributed by atoms with E-state index in [4.69, 9.17) is 0 Å². The Kier molecular flexibility index (Phi) is 5.59. The Morgan fingerprint density at radius 3 is 2.08 bits per heavy atom. The van der Waals surface area contributed by atoms with Crippen LogP contribution in [0.3, 0.4) is 0 Å². The highest BCUT2D eigenvalue weighted by Crippen LogP contribution is 2.24. The van der Waals surface area contributed by atoms with Gasteiger partial charge in [-0.25, -0.2) is 17.2 Å². The number of piperazine rings is 1.